The molecule has 0 saturated carbocycles. The van der Waals surface area contributed by atoms with E-state index in [1.165, 1.54) is 23.9 Å². The summed E-state index contributed by atoms with van der Waals surface area (Å²) in [5, 5.41) is 2.92. The fourth-order valence-electron chi connectivity index (χ4n) is 4.94. The van der Waals surface area contributed by atoms with Gasteiger partial charge in [-0.2, -0.15) is 0 Å². The number of methoxy groups -OCH3 is 1. The molecule has 2 aliphatic rings. The molecule has 0 unspecified atom stereocenters. The third kappa shape index (κ3) is 5.98. The quantitative estimate of drug-likeness (QED) is 0.493. The summed E-state index contributed by atoms with van der Waals surface area (Å²) in [4.78, 5) is 43.4. The molecule has 4 rings (SSSR count). The maximum atomic E-state index is 13.5. The van der Waals surface area contributed by atoms with E-state index in [4.69, 9.17) is 0 Å². The van der Waals surface area contributed by atoms with E-state index in [1.54, 1.807) is 0 Å². The topological polar surface area (TPSA) is 82.2 Å². The van der Waals surface area contributed by atoms with Crippen molar-refractivity contribution in [3.8, 4) is 0 Å². The lowest BCUT2D eigenvalue weighted by atomic mass is 10.0. The molecule has 2 fully saturated rings. The second-order valence-corrected chi connectivity index (χ2v) is 9.65. The molecular weight excluding hydrogens is 456 g/mol. The van der Waals surface area contributed by atoms with Crippen LogP contribution in [0.1, 0.15) is 40.7 Å². The number of hydrogen-bond donors (Lipinski definition) is 1. The predicted octanol–water partition coefficient (Wildman–Crippen LogP) is 2.91. The summed E-state index contributed by atoms with van der Waals surface area (Å²) >= 11 is 0. The number of ether oxygens (including phenoxy) is 1. The Morgan fingerprint density at radius 1 is 0.889 bits per heavy atom. The van der Waals surface area contributed by atoms with Crippen LogP contribution in [0.15, 0.2) is 42.5 Å². The van der Waals surface area contributed by atoms with Crippen molar-refractivity contribution in [1.82, 2.24) is 10.2 Å². The van der Waals surface area contributed by atoms with E-state index in [1.807, 2.05) is 29.2 Å². The van der Waals surface area contributed by atoms with E-state index in [0.717, 1.165) is 50.3 Å². The first-order chi connectivity index (χ1) is 17.4. The number of piperidine rings is 1. The van der Waals surface area contributed by atoms with Gasteiger partial charge in [0.1, 0.15) is 6.42 Å². The van der Waals surface area contributed by atoms with E-state index in [0.29, 0.717) is 13.1 Å². The number of hydrogen-bond acceptors (Lipinski definition) is 6. The summed E-state index contributed by atoms with van der Waals surface area (Å²) in [6.45, 7) is 8.72. The lowest BCUT2D eigenvalue weighted by Gasteiger charge is -2.38. The number of aryl methyl sites for hydroxylation is 2. The number of carbonyl (C=O) groups is 3. The molecule has 0 aromatic heterocycles. The number of anilines is 2. The fourth-order valence-corrected chi connectivity index (χ4v) is 4.94. The molecule has 2 heterocycles. The summed E-state index contributed by atoms with van der Waals surface area (Å²) in [7, 11) is 1.28. The number of carbonyl (C=O) groups excluding carboxylic acids is 3. The number of rotatable bonds is 6. The molecule has 0 aliphatic carbocycles. The van der Waals surface area contributed by atoms with Gasteiger partial charge in [-0.05, 0) is 62.1 Å². The number of nitrogens with zero attached hydrogens (tertiary/aromatic N) is 3. The third-order valence-corrected chi connectivity index (χ3v) is 7.29. The van der Waals surface area contributed by atoms with Crippen LogP contribution in [0.4, 0.5) is 11.4 Å². The second kappa shape index (κ2) is 11.5. The molecule has 2 aliphatic heterocycles. The molecule has 1 N–H and O–H groups in total. The van der Waals surface area contributed by atoms with Crippen LogP contribution in [0.2, 0.25) is 0 Å². The molecule has 2 amide bonds. The Kier molecular flexibility index (Phi) is 8.13. The van der Waals surface area contributed by atoms with Crippen LogP contribution in [-0.4, -0.2) is 75.1 Å². The zero-order valence-corrected chi connectivity index (χ0v) is 21.5. The first-order valence-corrected chi connectivity index (χ1v) is 12.7. The van der Waals surface area contributed by atoms with Crippen molar-refractivity contribution in [2.75, 3.05) is 56.2 Å². The van der Waals surface area contributed by atoms with Gasteiger partial charge < -0.3 is 24.8 Å². The summed E-state index contributed by atoms with van der Waals surface area (Å²) in [6, 6.07) is 14.4. The third-order valence-electron chi connectivity index (χ3n) is 7.29. The van der Waals surface area contributed by atoms with Crippen LogP contribution in [-0.2, 0) is 14.3 Å². The van der Waals surface area contributed by atoms with Crippen molar-refractivity contribution >= 4 is 29.2 Å². The number of nitrogens with one attached hydrogen (secondary N) is 1. The van der Waals surface area contributed by atoms with E-state index in [9.17, 15) is 14.4 Å². The minimum Gasteiger partial charge on any atom is -0.469 e. The van der Waals surface area contributed by atoms with Gasteiger partial charge in [0.15, 0.2) is 0 Å². The fraction of sp³-hybridized carbons (Fsp3) is 0.464. The Morgan fingerprint density at radius 2 is 1.58 bits per heavy atom. The van der Waals surface area contributed by atoms with Gasteiger partial charge in [-0.15, -0.1) is 0 Å². The molecule has 0 spiro atoms. The predicted molar refractivity (Wildman–Crippen MR) is 140 cm³/mol. The van der Waals surface area contributed by atoms with Crippen LogP contribution >= 0.6 is 0 Å². The first kappa shape index (κ1) is 25.5. The van der Waals surface area contributed by atoms with Crippen LogP contribution in [0, 0.1) is 13.8 Å². The maximum Gasteiger partial charge on any atom is 0.315 e. The zero-order chi connectivity index (χ0) is 25.7. The van der Waals surface area contributed by atoms with Crippen molar-refractivity contribution in [2.45, 2.75) is 39.2 Å². The van der Waals surface area contributed by atoms with Crippen molar-refractivity contribution in [1.29, 1.82) is 0 Å². The van der Waals surface area contributed by atoms with Gasteiger partial charge in [0, 0.05) is 56.7 Å². The summed E-state index contributed by atoms with van der Waals surface area (Å²) < 4.78 is 4.56. The highest BCUT2D eigenvalue weighted by Gasteiger charge is 2.28. The highest BCUT2D eigenvalue weighted by atomic mass is 16.5. The Labute approximate surface area is 213 Å². The van der Waals surface area contributed by atoms with Crippen molar-refractivity contribution in [3.05, 3.63) is 59.2 Å². The van der Waals surface area contributed by atoms with Crippen LogP contribution in [0.25, 0.3) is 0 Å². The van der Waals surface area contributed by atoms with E-state index in [-0.39, 0.29) is 24.3 Å². The first-order valence-electron chi connectivity index (χ1n) is 12.7. The molecule has 192 valence electrons. The minimum absolute atomic E-state index is 0.0137. The van der Waals surface area contributed by atoms with E-state index < -0.39 is 5.97 Å². The summed E-state index contributed by atoms with van der Waals surface area (Å²) in [5.74, 6) is -0.776. The molecule has 2 aromatic carbocycles. The normalized spacial score (nSPS) is 16.6. The lowest BCUT2D eigenvalue weighted by molar-refractivity contribution is -0.144. The van der Waals surface area contributed by atoms with Crippen LogP contribution in [0.3, 0.4) is 0 Å². The zero-order valence-electron chi connectivity index (χ0n) is 21.5. The summed E-state index contributed by atoms with van der Waals surface area (Å²) in [5.41, 5.74) is 5.46. The standard InChI is InChI=1S/C28H36N4O4/c1-20-8-9-23(18-21(20)2)30-14-16-32(17-15-30)28(35)24-6-4-5-7-25(24)31-12-10-22(11-13-31)29-26(33)19-27(34)36-3/h4-9,18,22H,10-17,19H2,1-3H3,(H,29,33). The van der Waals surface area contributed by atoms with Crippen molar-refractivity contribution in [2.24, 2.45) is 0 Å². The highest BCUT2D eigenvalue weighted by molar-refractivity contribution is 6.00. The Morgan fingerprint density at radius 3 is 2.25 bits per heavy atom. The van der Waals surface area contributed by atoms with Gasteiger partial charge >= 0.3 is 5.97 Å². The van der Waals surface area contributed by atoms with Gasteiger partial charge in [-0.25, -0.2) is 0 Å². The van der Waals surface area contributed by atoms with Gasteiger partial charge in [-0.1, -0.05) is 18.2 Å². The number of piperazine rings is 1. The highest BCUT2D eigenvalue weighted by Crippen LogP contribution is 2.27. The Hall–Kier alpha value is -3.55. The van der Waals surface area contributed by atoms with Crippen LogP contribution < -0.4 is 15.1 Å². The van der Waals surface area contributed by atoms with Gasteiger partial charge in [0.25, 0.3) is 5.91 Å². The van der Waals surface area contributed by atoms with E-state index in [2.05, 4.69) is 51.9 Å². The Bertz CT molecular complexity index is 1100. The SMILES string of the molecule is COC(=O)CC(=O)NC1CCN(c2ccccc2C(=O)N2CCN(c3ccc(C)c(C)c3)CC2)CC1. The molecule has 0 atom stereocenters. The van der Waals surface area contributed by atoms with Gasteiger partial charge in [0.05, 0.1) is 12.7 Å². The maximum absolute atomic E-state index is 13.5. The molecule has 0 radical (unpaired) electrons. The number of para-hydroxylation sites is 1. The second-order valence-electron chi connectivity index (χ2n) is 9.65. The van der Waals surface area contributed by atoms with Gasteiger partial charge in [-0.3, -0.25) is 14.4 Å². The van der Waals surface area contributed by atoms with Gasteiger partial charge in [0.2, 0.25) is 5.91 Å². The molecule has 8 nitrogen and oxygen atoms in total. The summed E-state index contributed by atoms with van der Waals surface area (Å²) in [6.07, 6.45) is 1.25. The molecular formula is C28H36N4O4. The average Bonchev–Trinajstić information content (AvgIpc) is 2.90. The van der Waals surface area contributed by atoms with Crippen LogP contribution in [0.5, 0.6) is 0 Å². The number of amides is 2. The number of benzene rings is 2. The lowest BCUT2D eigenvalue weighted by Crippen LogP contribution is -2.49. The minimum atomic E-state index is -0.535. The molecule has 36 heavy (non-hydrogen) atoms. The number of esters is 1. The monoisotopic (exact) mass is 492 g/mol. The largest absolute Gasteiger partial charge is 0.469 e. The molecule has 0 bridgehead atoms. The van der Waals surface area contributed by atoms with Crippen molar-refractivity contribution < 1.29 is 19.1 Å². The van der Waals surface area contributed by atoms with E-state index >= 15 is 0 Å². The molecule has 8 heteroatoms. The smallest absolute Gasteiger partial charge is 0.315 e. The average molecular weight is 493 g/mol. The molecule has 2 aromatic rings. The Balaban J connectivity index is 1.34. The van der Waals surface area contributed by atoms with Crippen molar-refractivity contribution in [3.63, 3.8) is 0 Å². The molecule has 2 saturated heterocycles.